The van der Waals surface area contributed by atoms with Gasteiger partial charge >= 0.3 is 0 Å². The van der Waals surface area contributed by atoms with Gasteiger partial charge in [-0.2, -0.15) is 0 Å². The van der Waals surface area contributed by atoms with Crippen LogP contribution in [0.15, 0.2) is 59.2 Å². The van der Waals surface area contributed by atoms with E-state index in [0.717, 1.165) is 21.4 Å². The molecule has 0 bridgehead atoms. The molecule has 21 heavy (non-hydrogen) atoms. The summed E-state index contributed by atoms with van der Waals surface area (Å²) < 4.78 is 0.907. The number of para-hydroxylation sites is 1. The first-order valence-corrected chi connectivity index (χ1v) is 7.24. The van der Waals surface area contributed by atoms with Crippen LogP contribution in [-0.4, -0.2) is 17.7 Å². The summed E-state index contributed by atoms with van der Waals surface area (Å²) in [5.74, 6) is -0.169. The van der Waals surface area contributed by atoms with Crippen molar-refractivity contribution in [2.24, 2.45) is 0 Å². The fourth-order valence-electron chi connectivity index (χ4n) is 2.27. The molecule has 2 N–H and O–H groups in total. The average Bonchev–Trinajstić information content (AvgIpc) is 2.80. The minimum atomic E-state index is -0.202. The van der Waals surface area contributed by atoms with Crippen molar-refractivity contribution in [1.29, 1.82) is 0 Å². The van der Waals surface area contributed by atoms with Gasteiger partial charge in [-0.05, 0) is 24.3 Å². The lowest BCUT2D eigenvalue weighted by molar-refractivity contribution is -0.110. The quantitative estimate of drug-likeness (QED) is 0.664. The molecule has 3 rings (SSSR count). The number of anilines is 2. The number of carbonyl (C=O) groups excluding carboxylic acids is 1. The van der Waals surface area contributed by atoms with Crippen LogP contribution >= 0.6 is 15.9 Å². The molecular formula is C16H13BrN2O2. The molecule has 1 heterocycles. The summed E-state index contributed by atoms with van der Waals surface area (Å²) in [7, 11) is 0. The normalized spacial score (nSPS) is 15.0. The Morgan fingerprint density at radius 3 is 2.67 bits per heavy atom. The number of hydrogen-bond acceptors (Lipinski definition) is 3. The van der Waals surface area contributed by atoms with Crippen LogP contribution < -0.4 is 10.2 Å². The summed E-state index contributed by atoms with van der Waals surface area (Å²) in [4.78, 5) is 13.8. The standard InChI is InChI=1S/C16H13BrN2O2/c17-11-6-7-13-14(16(21)18-15(13)8-11)9-19(10-20)12-4-2-1-3-5-12/h1-9,20H,10H2,(H,18,21). The molecule has 0 spiro atoms. The molecule has 1 amide bonds. The number of benzene rings is 2. The predicted octanol–water partition coefficient (Wildman–Crippen LogP) is 3.20. The first-order valence-electron chi connectivity index (χ1n) is 6.44. The third kappa shape index (κ3) is 2.70. The molecule has 0 saturated carbocycles. The first kappa shape index (κ1) is 13.9. The van der Waals surface area contributed by atoms with Crippen molar-refractivity contribution in [2.75, 3.05) is 16.9 Å². The van der Waals surface area contributed by atoms with Crippen molar-refractivity contribution in [2.45, 2.75) is 0 Å². The SMILES string of the molecule is O=C1Nc2cc(Br)ccc2C1=CN(CO)c1ccccc1. The molecule has 1 aliphatic rings. The molecule has 0 fully saturated rings. The number of rotatable bonds is 3. The number of hydrogen-bond donors (Lipinski definition) is 2. The fourth-order valence-corrected chi connectivity index (χ4v) is 2.63. The summed E-state index contributed by atoms with van der Waals surface area (Å²) >= 11 is 3.38. The highest BCUT2D eigenvalue weighted by atomic mass is 79.9. The van der Waals surface area contributed by atoms with Gasteiger partial charge < -0.3 is 15.3 Å². The number of fused-ring (bicyclic) bond motifs is 1. The monoisotopic (exact) mass is 344 g/mol. The Labute approximate surface area is 130 Å². The largest absolute Gasteiger partial charge is 0.376 e. The number of amides is 1. The lowest BCUT2D eigenvalue weighted by atomic mass is 10.1. The van der Waals surface area contributed by atoms with Gasteiger partial charge in [0.25, 0.3) is 5.91 Å². The van der Waals surface area contributed by atoms with Crippen molar-refractivity contribution in [3.8, 4) is 0 Å². The molecule has 0 atom stereocenters. The second kappa shape index (κ2) is 5.71. The third-order valence-corrected chi connectivity index (χ3v) is 3.78. The van der Waals surface area contributed by atoms with E-state index < -0.39 is 0 Å². The van der Waals surface area contributed by atoms with Crippen LogP contribution in [0.2, 0.25) is 0 Å². The third-order valence-electron chi connectivity index (χ3n) is 3.29. The first-order chi connectivity index (χ1) is 10.2. The molecule has 2 aromatic carbocycles. The van der Waals surface area contributed by atoms with Crippen LogP contribution in [0.25, 0.3) is 5.57 Å². The van der Waals surface area contributed by atoms with Gasteiger partial charge in [-0.15, -0.1) is 0 Å². The number of aliphatic hydroxyl groups excluding tert-OH is 1. The van der Waals surface area contributed by atoms with E-state index in [0.29, 0.717) is 5.57 Å². The van der Waals surface area contributed by atoms with E-state index in [1.807, 2.05) is 48.5 Å². The zero-order valence-corrected chi connectivity index (χ0v) is 12.7. The Morgan fingerprint density at radius 2 is 1.95 bits per heavy atom. The molecule has 2 aromatic rings. The Hall–Kier alpha value is -2.11. The zero-order chi connectivity index (χ0) is 14.8. The lowest BCUT2D eigenvalue weighted by Gasteiger charge is -2.18. The summed E-state index contributed by atoms with van der Waals surface area (Å²) in [6.07, 6.45) is 1.67. The van der Waals surface area contributed by atoms with E-state index >= 15 is 0 Å². The van der Waals surface area contributed by atoms with Crippen LogP contribution in [0.3, 0.4) is 0 Å². The minimum absolute atomic E-state index is 0.169. The van der Waals surface area contributed by atoms with Gasteiger partial charge in [0.05, 0.1) is 11.3 Å². The highest BCUT2D eigenvalue weighted by Gasteiger charge is 2.25. The van der Waals surface area contributed by atoms with Gasteiger partial charge in [-0.3, -0.25) is 4.79 Å². The highest BCUT2D eigenvalue weighted by Crippen LogP contribution is 2.34. The Kier molecular flexibility index (Phi) is 3.77. The van der Waals surface area contributed by atoms with Crippen LogP contribution in [0, 0.1) is 0 Å². The number of nitrogens with zero attached hydrogens (tertiary/aromatic N) is 1. The molecule has 106 valence electrons. The Balaban J connectivity index is 2.01. The lowest BCUT2D eigenvalue weighted by Crippen LogP contribution is -2.18. The molecule has 1 aliphatic heterocycles. The number of nitrogens with one attached hydrogen (secondary N) is 1. The topological polar surface area (TPSA) is 52.6 Å². The summed E-state index contributed by atoms with van der Waals surface area (Å²) in [6.45, 7) is -0.202. The van der Waals surface area contributed by atoms with Crippen molar-refractivity contribution >= 4 is 38.8 Å². The smallest absolute Gasteiger partial charge is 0.257 e. The van der Waals surface area contributed by atoms with Crippen molar-refractivity contribution in [3.63, 3.8) is 0 Å². The number of aliphatic hydroxyl groups is 1. The number of halogens is 1. The second-order valence-electron chi connectivity index (χ2n) is 4.63. The van der Waals surface area contributed by atoms with Gasteiger partial charge in [-0.1, -0.05) is 40.2 Å². The molecular weight excluding hydrogens is 332 g/mol. The predicted molar refractivity (Wildman–Crippen MR) is 86.8 cm³/mol. The molecule has 4 nitrogen and oxygen atoms in total. The van der Waals surface area contributed by atoms with Gasteiger partial charge in [0.1, 0.15) is 6.73 Å². The summed E-state index contributed by atoms with van der Waals surface area (Å²) in [5.41, 5.74) is 2.96. The van der Waals surface area contributed by atoms with E-state index in [4.69, 9.17) is 0 Å². The molecule has 0 unspecified atom stereocenters. The molecule has 0 saturated heterocycles. The van der Waals surface area contributed by atoms with Crippen molar-refractivity contribution < 1.29 is 9.90 Å². The van der Waals surface area contributed by atoms with Crippen LogP contribution in [0.5, 0.6) is 0 Å². The van der Waals surface area contributed by atoms with E-state index in [1.54, 1.807) is 11.1 Å². The summed E-state index contributed by atoms with van der Waals surface area (Å²) in [5, 5.41) is 12.4. The number of carbonyl (C=O) groups is 1. The minimum Gasteiger partial charge on any atom is -0.376 e. The molecule has 0 radical (unpaired) electrons. The summed E-state index contributed by atoms with van der Waals surface area (Å²) in [6, 6.07) is 15.1. The van der Waals surface area contributed by atoms with E-state index in [-0.39, 0.29) is 12.6 Å². The van der Waals surface area contributed by atoms with Crippen molar-refractivity contribution in [1.82, 2.24) is 0 Å². The van der Waals surface area contributed by atoms with Crippen LogP contribution in [0.4, 0.5) is 11.4 Å². The van der Waals surface area contributed by atoms with Crippen molar-refractivity contribution in [3.05, 3.63) is 64.8 Å². The van der Waals surface area contributed by atoms with Gasteiger partial charge in [0.2, 0.25) is 0 Å². The Bertz CT molecular complexity index is 713. The maximum Gasteiger partial charge on any atom is 0.257 e. The second-order valence-corrected chi connectivity index (χ2v) is 5.55. The fraction of sp³-hybridized carbons (Fsp3) is 0.0625. The van der Waals surface area contributed by atoms with Crippen LogP contribution in [0.1, 0.15) is 5.56 Å². The molecule has 5 heteroatoms. The van der Waals surface area contributed by atoms with Gasteiger partial charge in [-0.25, -0.2) is 0 Å². The maximum atomic E-state index is 12.1. The average molecular weight is 345 g/mol. The Morgan fingerprint density at radius 1 is 1.19 bits per heavy atom. The van der Waals surface area contributed by atoms with E-state index in [9.17, 15) is 9.90 Å². The van der Waals surface area contributed by atoms with Gasteiger partial charge in [0, 0.05) is 21.9 Å². The highest BCUT2D eigenvalue weighted by molar-refractivity contribution is 9.10. The zero-order valence-electron chi connectivity index (χ0n) is 11.1. The van der Waals surface area contributed by atoms with E-state index in [1.165, 1.54) is 0 Å². The van der Waals surface area contributed by atoms with Gasteiger partial charge in [0.15, 0.2) is 0 Å². The van der Waals surface area contributed by atoms with E-state index in [2.05, 4.69) is 21.2 Å². The maximum absolute atomic E-state index is 12.1. The van der Waals surface area contributed by atoms with Crippen LogP contribution in [-0.2, 0) is 4.79 Å². The molecule has 0 aliphatic carbocycles. The molecule has 0 aromatic heterocycles.